The zero-order valence-corrected chi connectivity index (χ0v) is 10.1. The molecule has 0 fully saturated rings. The molecule has 14 heavy (non-hydrogen) atoms. The first-order chi connectivity index (χ1) is 6.56. The predicted molar refractivity (Wildman–Crippen MR) is 69.1 cm³/mol. The molecule has 1 nitrogen and oxygen atoms in total. The van der Waals surface area contributed by atoms with Crippen LogP contribution in [0.4, 0.5) is 0 Å². The van der Waals surface area contributed by atoms with Crippen LogP contribution in [0, 0.1) is 5.92 Å². The molecule has 2 heteroatoms. The topological polar surface area (TPSA) is 12.4 Å². The highest BCUT2D eigenvalue weighted by Gasteiger charge is 2.13. The van der Waals surface area contributed by atoms with Crippen molar-refractivity contribution in [1.82, 2.24) is 0 Å². The predicted octanol–water partition coefficient (Wildman–Crippen LogP) is 3.70. The molecule has 0 saturated carbocycles. The molecule has 2 unspecified atom stereocenters. The van der Waals surface area contributed by atoms with Crippen LogP contribution in [0.5, 0.6) is 0 Å². The highest BCUT2D eigenvalue weighted by atomic mass is 32.2. The molecule has 2 atom stereocenters. The van der Waals surface area contributed by atoms with Gasteiger partial charge in [-0.2, -0.15) is 0 Å². The summed E-state index contributed by atoms with van der Waals surface area (Å²) in [5.74, 6) is 0.342. The zero-order valence-electron chi connectivity index (χ0n) is 9.29. The van der Waals surface area contributed by atoms with Gasteiger partial charge in [0.15, 0.2) is 0 Å². The molecule has 0 aliphatic heterocycles. The maximum atomic E-state index is 4.02. The van der Waals surface area contributed by atoms with Gasteiger partial charge in [0.25, 0.3) is 0 Å². The summed E-state index contributed by atoms with van der Waals surface area (Å²) in [6.45, 7) is 15.4. The van der Waals surface area contributed by atoms with Crippen LogP contribution in [0.15, 0.2) is 40.8 Å². The molecule has 0 saturated heterocycles. The molecule has 78 valence electrons. The van der Waals surface area contributed by atoms with Gasteiger partial charge in [0, 0.05) is 5.92 Å². The van der Waals surface area contributed by atoms with Crippen molar-refractivity contribution < 1.29 is 0 Å². The lowest BCUT2D eigenvalue weighted by atomic mass is 9.94. The number of allylic oxidation sites excluding steroid dienone is 1. The molecule has 0 spiro atoms. The van der Waals surface area contributed by atoms with Gasteiger partial charge in [-0.05, 0) is 30.9 Å². The number of aliphatic imine (C=N–C) groups is 1. The number of thioether (sulfide) groups is 1. The summed E-state index contributed by atoms with van der Waals surface area (Å²) < 4.78 is 0. The van der Waals surface area contributed by atoms with Crippen LogP contribution >= 0.6 is 11.8 Å². The van der Waals surface area contributed by atoms with Crippen molar-refractivity contribution in [2.75, 3.05) is 6.26 Å². The van der Waals surface area contributed by atoms with Gasteiger partial charge < -0.3 is 0 Å². The maximum absolute atomic E-state index is 4.02. The average Bonchev–Trinajstić information content (AvgIpc) is 2.19. The first-order valence-corrected chi connectivity index (χ1v) is 5.78. The van der Waals surface area contributed by atoms with Gasteiger partial charge in [-0.15, -0.1) is 18.3 Å². The lowest BCUT2D eigenvalue weighted by molar-refractivity contribution is 0.603. The van der Waals surface area contributed by atoms with E-state index in [-0.39, 0.29) is 6.04 Å². The minimum atomic E-state index is 0.0981. The standard InChI is InChI=1S/C12H19NS/c1-7-12(13-5)11(4)9(2)8-10(3)14-6/h7-8,11-12H,1,3,5H2,2,4,6H3/b9-8+. The Balaban J connectivity index is 4.58. The van der Waals surface area contributed by atoms with Crippen LogP contribution in [0.2, 0.25) is 0 Å². The first kappa shape index (κ1) is 13.2. The first-order valence-electron chi connectivity index (χ1n) is 4.56. The Morgan fingerprint density at radius 2 is 2.07 bits per heavy atom. The van der Waals surface area contributed by atoms with Crippen LogP contribution in [-0.4, -0.2) is 19.0 Å². The van der Waals surface area contributed by atoms with E-state index in [1.807, 2.05) is 12.3 Å². The summed E-state index contributed by atoms with van der Waals surface area (Å²) in [6.07, 6.45) is 5.95. The minimum absolute atomic E-state index is 0.0981. The molecule has 0 aromatic heterocycles. The maximum Gasteiger partial charge on any atom is 0.0732 e. The van der Waals surface area contributed by atoms with Crippen LogP contribution in [0.3, 0.4) is 0 Å². The van der Waals surface area contributed by atoms with Crippen molar-refractivity contribution in [3.8, 4) is 0 Å². The summed E-state index contributed by atoms with van der Waals surface area (Å²) >= 11 is 1.65. The quantitative estimate of drug-likeness (QED) is 0.369. The molecule has 0 bridgehead atoms. The van der Waals surface area contributed by atoms with Crippen LogP contribution in [-0.2, 0) is 0 Å². The van der Waals surface area contributed by atoms with Gasteiger partial charge in [0.05, 0.1) is 6.04 Å². The smallest absolute Gasteiger partial charge is 0.0732 e. The Hall–Kier alpha value is -0.760. The summed E-state index contributed by atoms with van der Waals surface area (Å²) in [7, 11) is 0. The van der Waals surface area contributed by atoms with E-state index >= 15 is 0 Å². The summed E-state index contributed by atoms with van der Waals surface area (Å²) in [4.78, 5) is 5.09. The van der Waals surface area contributed by atoms with E-state index in [4.69, 9.17) is 0 Å². The third kappa shape index (κ3) is 3.97. The molecule has 0 heterocycles. The lowest BCUT2D eigenvalue weighted by Gasteiger charge is -2.17. The Kier molecular flexibility index (Phi) is 6.30. The van der Waals surface area contributed by atoms with Gasteiger partial charge in [-0.1, -0.05) is 25.2 Å². The van der Waals surface area contributed by atoms with Crippen molar-refractivity contribution in [3.05, 3.63) is 35.8 Å². The Morgan fingerprint density at radius 3 is 2.43 bits per heavy atom. The van der Waals surface area contributed by atoms with E-state index < -0.39 is 0 Å². The number of hydrogen-bond acceptors (Lipinski definition) is 2. The highest BCUT2D eigenvalue weighted by molar-refractivity contribution is 8.02. The van der Waals surface area contributed by atoms with Crippen molar-refractivity contribution in [2.24, 2.45) is 10.9 Å². The van der Waals surface area contributed by atoms with Crippen molar-refractivity contribution in [1.29, 1.82) is 0 Å². The SMILES string of the molecule is C=CC(N=C)C(C)/C(C)=C/C(=C)SC. The second kappa shape index (κ2) is 6.66. The third-order valence-electron chi connectivity index (χ3n) is 2.33. The van der Waals surface area contributed by atoms with E-state index in [2.05, 4.69) is 44.8 Å². The van der Waals surface area contributed by atoms with Crippen LogP contribution in [0.25, 0.3) is 0 Å². The van der Waals surface area contributed by atoms with Crippen LogP contribution < -0.4 is 0 Å². The van der Waals surface area contributed by atoms with E-state index in [1.54, 1.807) is 11.8 Å². The molecule has 0 aliphatic carbocycles. The summed E-state index contributed by atoms with van der Waals surface area (Å²) in [6, 6.07) is 0.0981. The normalized spacial score (nSPS) is 15.8. The summed E-state index contributed by atoms with van der Waals surface area (Å²) in [5.41, 5.74) is 1.27. The van der Waals surface area contributed by atoms with E-state index in [0.717, 1.165) is 4.91 Å². The van der Waals surface area contributed by atoms with Gasteiger partial charge in [0.2, 0.25) is 0 Å². The number of hydrogen-bond donors (Lipinski definition) is 0. The summed E-state index contributed by atoms with van der Waals surface area (Å²) in [5, 5.41) is 0. The highest BCUT2D eigenvalue weighted by Crippen LogP contribution is 2.21. The molecule has 0 amide bonds. The largest absolute Gasteiger partial charge is 0.293 e. The molecule has 0 aliphatic rings. The monoisotopic (exact) mass is 209 g/mol. The van der Waals surface area contributed by atoms with Gasteiger partial charge in [-0.3, -0.25) is 4.99 Å². The van der Waals surface area contributed by atoms with E-state index in [0.29, 0.717) is 5.92 Å². The van der Waals surface area contributed by atoms with Crippen molar-refractivity contribution in [3.63, 3.8) is 0 Å². The molecular weight excluding hydrogens is 190 g/mol. The molecule has 0 aromatic carbocycles. The Labute approximate surface area is 91.7 Å². The molecule has 0 rings (SSSR count). The fourth-order valence-electron chi connectivity index (χ4n) is 1.15. The van der Waals surface area contributed by atoms with Crippen LogP contribution in [0.1, 0.15) is 13.8 Å². The average molecular weight is 209 g/mol. The molecule has 0 radical (unpaired) electrons. The second-order valence-electron chi connectivity index (χ2n) is 3.26. The number of nitrogens with zero attached hydrogens (tertiary/aromatic N) is 1. The number of rotatable bonds is 6. The molecule has 0 aromatic rings. The third-order valence-corrected chi connectivity index (χ3v) is 2.98. The minimum Gasteiger partial charge on any atom is -0.293 e. The van der Waals surface area contributed by atoms with Crippen molar-refractivity contribution in [2.45, 2.75) is 19.9 Å². The van der Waals surface area contributed by atoms with Gasteiger partial charge >= 0.3 is 0 Å². The fraction of sp³-hybridized carbons (Fsp3) is 0.417. The van der Waals surface area contributed by atoms with Gasteiger partial charge in [0.1, 0.15) is 0 Å². The fourth-order valence-corrected chi connectivity index (χ4v) is 1.45. The van der Waals surface area contributed by atoms with E-state index in [9.17, 15) is 0 Å². The Morgan fingerprint density at radius 1 is 1.50 bits per heavy atom. The van der Waals surface area contributed by atoms with Crippen molar-refractivity contribution >= 4 is 18.5 Å². The molecular formula is C12H19NS. The molecule has 0 N–H and O–H groups in total. The lowest BCUT2D eigenvalue weighted by Crippen LogP contribution is -2.13. The second-order valence-corrected chi connectivity index (χ2v) is 4.19. The van der Waals surface area contributed by atoms with Gasteiger partial charge in [-0.25, -0.2) is 0 Å². The Bertz CT molecular complexity index is 245. The zero-order chi connectivity index (χ0) is 11.1. The van der Waals surface area contributed by atoms with E-state index in [1.165, 1.54) is 5.57 Å².